The van der Waals surface area contributed by atoms with Crippen LogP contribution in [0.15, 0.2) is 28.5 Å². The molecule has 0 aromatic carbocycles. The first-order chi connectivity index (χ1) is 13.9. The molecule has 29 heavy (non-hydrogen) atoms. The third kappa shape index (κ3) is 3.14. The van der Waals surface area contributed by atoms with Crippen LogP contribution in [0.25, 0.3) is 0 Å². The maximum Gasteiger partial charge on any atom is 0.193 e. The molecular weight excluding hydrogens is 358 g/mol. The van der Waals surface area contributed by atoms with E-state index in [1.807, 2.05) is 0 Å². The van der Waals surface area contributed by atoms with Crippen LogP contribution in [0, 0.1) is 40.4 Å². The number of hydrogen-bond donors (Lipinski definition) is 1. The van der Waals surface area contributed by atoms with Crippen LogP contribution in [0.2, 0.25) is 0 Å². The summed E-state index contributed by atoms with van der Waals surface area (Å²) >= 11 is 0. The van der Waals surface area contributed by atoms with Crippen molar-refractivity contribution in [2.75, 3.05) is 0 Å². The number of aromatic nitrogens is 1. The summed E-state index contributed by atoms with van der Waals surface area (Å²) in [6.07, 6.45) is 18.1. The maximum atomic E-state index is 10.2. The molecule has 3 nitrogen and oxygen atoms in total. The normalized spacial score (nSPS) is 45.1. The summed E-state index contributed by atoms with van der Waals surface area (Å²) in [6, 6.07) is 0. The molecule has 0 amide bonds. The lowest BCUT2D eigenvalue weighted by molar-refractivity contribution is -0.0572. The van der Waals surface area contributed by atoms with Crippen LogP contribution in [-0.4, -0.2) is 16.2 Å². The van der Waals surface area contributed by atoms with Crippen molar-refractivity contribution in [3.63, 3.8) is 0 Å². The molecule has 3 fully saturated rings. The van der Waals surface area contributed by atoms with Gasteiger partial charge < -0.3 is 9.52 Å². The van der Waals surface area contributed by atoms with Crippen LogP contribution in [-0.2, 0) is 6.42 Å². The van der Waals surface area contributed by atoms with E-state index < -0.39 is 0 Å². The van der Waals surface area contributed by atoms with Crippen LogP contribution in [0.5, 0.6) is 0 Å². The molecule has 8 atom stereocenters. The van der Waals surface area contributed by atoms with E-state index in [9.17, 15) is 5.11 Å². The zero-order valence-electron chi connectivity index (χ0n) is 18.6. The number of oxazole rings is 1. The molecule has 1 unspecified atom stereocenters. The highest BCUT2D eigenvalue weighted by molar-refractivity contribution is 5.25. The first-order valence-electron chi connectivity index (χ1n) is 12.2. The topological polar surface area (TPSA) is 46.3 Å². The quantitative estimate of drug-likeness (QED) is 0.617. The van der Waals surface area contributed by atoms with Gasteiger partial charge in [-0.2, -0.15) is 0 Å². The summed E-state index contributed by atoms with van der Waals surface area (Å²) in [5.41, 5.74) is 2.46. The number of aliphatic hydroxyl groups excluding tert-OH is 1. The SMILES string of the molecule is CC(CCc1ncco1)[C@H]1CC[C@H]2[C@@H]3CC=C4C[C@@H](O)CC[C@]4(C)[C@H]3CC[C@]12C. The standard InChI is InChI=1S/C26H39NO2/c1-17(4-9-24-27-14-15-29-24)21-7-8-22-20-6-5-18-16-19(28)10-12-25(18,2)23(20)11-13-26(21,22)3/h5,14-15,17,19-23,28H,4,6-13,16H2,1-3H3/t17?,19-,20-,21+,22-,23-,25-,26+/m0/s1. The van der Waals surface area contributed by atoms with E-state index in [0.717, 1.165) is 54.7 Å². The first-order valence-corrected chi connectivity index (χ1v) is 12.2. The summed E-state index contributed by atoms with van der Waals surface area (Å²) in [5.74, 6) is 5.07. The summed E-state index contributed by atoms with van der Waals surface area (Å²) in [6.45, 7) is 7.66. The lowest BCUT2D eigenvalue weighted by Crippen LogP contribution is -2.50. The van der Waals surface area contributed by atoms with E-state index in [0.29, 0.717) is 10.8 Å². The second-order valence-corrected chi connectivity index (χ2v) is 11.3. The largest absolute Gasteiger partial charge is 0.449 e. The van der Waals surface area contributed by atoms with Gasteiger partial charge in [-0.3, -0.25) is 0 Å². The Morgan fingerprint density at radius 1 is 1.17 bits per heavy atom. The molecule has 4 aliphatic carbocycles. The average molecular weight is 398 g/mol. The van der Waals surface area contributed by atoms with Crippen LogP contribution in [0.3, 0.4) is 0 Å². The maximum absolute atomic E-state index is 10.2. The van der Waals surface area contributed by atoms with Crippen LogP contribution in [0.1, 0.15) is 84.4 Å². The Bertz CT molecular complexity index is 755. The Morgan fingerprint density at radius 3 is 2.83 bits per heavy atom. The van der Waals surface area contributed by atoms with E-state index in [2.05, 4.69) is 31.8 Å². The summed E-state index contributed by atoms with van der Waals surface area (Å²) in [7, 11) is 0. The van der Waals surface area contributed by atoms with Crippen molar-refractivity contribution in [2.45, 2.75) is 91.1 Å². The van der Waals surface area contributed by atoms with E-state index in [1.165, 1.54) is 44.9 Å². The molecule has 3 heteroatoms. The Labute approximate surface area is 176 Å². The van der Waals surface area contributed by atoms with Gasteiger partial charge in [0, 0.05) is 6.42 Å². The fourth-order valence-corrected chi connectivity index (χ4v) is 8.55. The summed E-state index contributed by atoms with van der Waals surface area (Å²) < 4.78 is 5.48. The molecule has 0 radical (unpaired) electrons. The zero-order chi connectivity index (χ0) is 20.2. The van der Waals surface area contributed by atoms with Crippen LogP contribution in [0.4, 0.5) is 0 Å². The third-order valence-electron chi connectivity index (χ3n) is 10.1. The molecule has 1 N–H and O–H groups in total. The zero-order valence-corrected chi connectivity index (χ0v) is 18.6. The Balaban J connectivity index is 1.33. The minimum atomic E-state index is -0.0971. The number of hydrogen-bond acceptors (Lipinski definition) is 3. The van der Waals surface area contributed by atoms with Gasteiger partial charge in [-0.1, -0.05) is 32.4 Å². The lowest BCUT2D eigenvalue weighted by Gasteiger charge is -2.58. The van der Waals surface area contributed by atoms with Crippen molar-refractivity contribution < 1.29 is 9.52 Å². The highest BCUT2D eigenvalue weighted by Gasteiger charge is 2.59. The van der Waals surface area contributed by atoms with Crippen molar-refractivity contribution in [1.29, 1.82) is 0 Å². The van der Waals surface area contributed by atoms with Crippen molar-refractivity contribution >= 4 is 0 Å². The molecule has 1 aromatic heterocycles. The molecule has 0 bridgehead atoms. The molecule has 1 heterocycles. The van der Waals surface area contributed by atoms with Gasteiger partial charge in [0.05, 0.1) is 12.3 Å². The van der Waals surface area contributed by atoms with Crippen molar-refractivity contribution in [3.05, 3.63) is 30.0 Å². The molecule has 3 saturated carbocycles. The number of nitrogens with zero attached hydrogens (tertiary/aromatic N) is 1. The minimum Gasteiger partial charge on any atom is -0.449 e. The molecule has 0 spiro atoms. The highest BCUT2D eigenvalue weighted by atomic mass is 16.3. The second kappa shape index (κ2) is 7.25. The van der Waals surface area contributed by atoms with E-state index in [1.54, 1.807) is 18.0 Å². The fourth-order valence-electron chi connectivity index (χ4n) is 8.55. The number of fused-ring (bicyclic) bond motifs is 5. The highest BCUT2D eigenvalue weighted by Crippen LogP contribution is 2.67. The predicted molar refractivity (Wildman–Crippen MR) is 115 cm³/mol. The van der Waals surface area contributed by atoms with Gasteiger partial charge in [-0.25, -0.2) is 4.98 Å². The van der Waals surface area contributed by atoms with E-state index >= 15 is 0 Å². The Morgan fingerprint density at radius 2 is 2.03 bits per heavy atom. The average Bonchev–Trinajstić information content (AvgIpc) is 3.34. The lowest BCUT2D eigenvalue weighted by atomic mass is 9.47. The molecule has 5 rings (SSSR count). The van der Waals surface area contributed by atoms with Gasteiger partial charge in [-0.05, 0) is 98.2 Å². The van der Waals surface area contributed by atoms with Gasteiger partial charge >= 0.3 is 0 Å². The van der Waals surface area contributed by atoms with Crippen molar-refractivity contribution in [2.24, 2.45) is 40.4 Å². The number of rotatable bonds is 4. The molecule has 1 aromatic rings. The smallest absolute Gasteiger partial charge is 0.193 e. The molecule has 4 aliphatic rings. The Kier molecular flexibility index (Phi) is 4.96. The second-order valence-electron chi connectivity index (χ2n) is 11.3. The predicted octanol–water partition coefficient (Wildman–Crippen LogP) is 6.18. The first kappa shape index (κ1) is 19.8. The molecule has 0 aliphatic heterocycles. The van der Waals surface area contributed by atoms with Crippen molar-refractivity contribution in [3.8, 4) is 0 Å². The Hall–Kier alpha value is -1.09. The van der Waals surface area contributed by atoms with Gasteiger partial charge in [-0.15, -0.1) is 0 Å². The number of aryl methyl sites for hydroxylation is 1. The summed E-state index contributed by atoms with van der Waals surface area (Å²) in [5, 5.41) is 10.2. The van der Waals surface area contributed by atoms with Crippen LogP contribution >= 0.6 is 0 Å². The van der Waals surface area contributed by atoms with E-state index in [4.69, 9.17) is 4.42 Å². The van der Waals surface area contributed by atoms with Gasteiger partial charge in [0.25, 0.3) is 0 Å². The van der Waals surface area contributed by atoms with Gasteiger partial charge in [0.2, 0.25) is 0 Å². The van der Waals surface area contributed by atoms with Crippen LogP contribution < -0.4 is 0 Å². The monoisotopic (exact) mass is 397 g/mol. The minimum absolute atomic E-state index is 0.0971. The van der Waals surface area contributed by atoms with E-state index in [-0.39, 0.29) is 6.10 Å². The number of allylic oxidation sites excluding steroid dienone is 1. The molecular formula is C26H39NO2. The fraction of sp³-hybridized carbons (Fsp3) is 0.808. The van der Waals surface area contributed by atoms with Gasteiger partial charge in [0.1, 0.15) is 6.26 Å². The third-order valence-corrected chi connectivity index (χ3v) is 10.1. The molecule has 0 saturated heterocycles. The summed E-state index contributed by atoms with van der Waals surface area (Å²) in [4.78, 5) is 4.33. The van der Waals surface area contributed by atoms with Gasteiger partial charge in [0.15, 0.2) is 5.89 Å². The van der Waals surface area contributed by atoms with Crippen molar-refractivity contribution in [1.82, 2.24) is 4.98 Å². The molecule has 160 valence electrons. The number of aliphatic hydroxyl groups is 1.